The molecule has 5 nitrogen and oxygen atoms in total. The van der Waals surface area contributed by atoms with Crippen LogP contribution >= 0.6 is 0 Å². The number of nitrogens with zero attached hydrogens (tertiary/aromatic N) is 2. The van der Waals surface area contributed by atoms with Crippen molar-refractivity contribution >= 4 is 16.8 Å². The second-order valence-corrected chi connectivity index (χ2v) is 7.39. The number of aromatic nitrogens is 1. The molecular weight excluding hydrogens is 352 g/mol. The summed E-state index contributed by atoms with van der Waals surface area (Å²) in [5.41, 5.74) is 3.01. The van der Waals surface area contributed by atoms with Gasteiger partial charge in [0.05, 0.1) is 6.04 Å². The molecule has 0 spiro atoms. The molecule has 0 N–H and O–H groups in total. The van der Waals surface area contributed by atoms with Crippen LogP contribution in [0.2, 0.25) is 0 Å². The van der Waals surface area contributed by atoms with E-state index in [0.29, 0.717) is 13.2 Å². The van der Waals surface area contributed by atoms with Gasteiger partial charge in [0.15, 0.2) is 11.5 Å². The standard InChI is InChI=1S/C23H24N2O3/c1-2-24-18-7-4-3-6-16(18)14-20(24)23(26)25-11-5-8-19(25)17-9-10-21-22(15-17)28-13-12-27-21/h3-4,6-7,9-10,14-15,19H,2,5,8,11-13H2,1H3. The Morgan fingerprint density at radius 2 is 1.89 bits per heavy atom. The average Bonchev–Trinajstić information content (AvgIpc) is 3.37. The summed E-state index contributed by atoms with van der Waals surface area (Å²) in [5, 5.41) is 1.11. The number of rotatable bonds is 3. The van der Waals surface area contributed by atoms with Crippen LogP contribution in [0.3, 0.4) is 0 Å². The summed E-state index contributed by atoms with van der Waals surface area (Å²) in [6.45, 7) is 4.80. The number of amides is 1. The molecule has 2 aromatic carbocycles. The van der Waals surface area contributed by atoms with Gasteiger partial charge in [-0.1, -0.05) is 24.3 Å². The summed E-state index contributed by atoms with van der Waals surface area (Å²) >= 11 is 0. The Kier molecular flexibility index (Phi) is 4.23. The Morgan fingerprint density at radius 3 is 2.75 bits per heavy atom. The van der Waals surface area contributed by atoms with Gasteiger partial charge in [0.25, 0.3) is 5.91 Å². The molecule has 2 aliphatic rings. The lowest BCUT2D eigenvalue weighted by atomic mass is 10.0. The van der Waals surface area contributed by atoms with Gasteiger partial charge in [-0.2, -0.15) is 0 Å². The maximum absolute atomic E-state index is 13.5. The van der Waals surface area contributed by atoms with Crippen LogP contribution in [0, 0.1) is 0 Å². The molecule has 1 fully saturated rings. The third-order valence-electron chi connectivity index (χ3n) is 5.81. The number of fused-ring (bicyclic) bond motifs is 2. The SMILES string of the molecule is CCn1c(C(=O)N2CCCC2c2ccc3c(c2)OCCO3)cc2ccccc21. The Labute approximate surface area is 164 Å². The van der Waals surface area contributed by atoms with E-state index in [9.17, 15) is 4.79 Å². The van der Waals surface area contributed by atoms with Crippen molar-refractivity contribution in [3.63, 3.8) is 0 Å². The van der Waals surface area contributed by atoms with E-state index < -0.39 is 0 Å². The smallest absolute Gasteiger partial charge is 0.271 e. The van der Waals surface area contributed by atoms with Crippen molar-refractivity contribution in [1.82, 2.24) is 9.47 Å². The first-order valence-corrected chi connectivity index (χ1v) is 10.0. The summed E-state index contributed by atoms with van der Waals surface area (Å²) in [6, 6.07) is 16.4. The van der Waals surface area contributed by atoms with Gasteiger partial charge in [-0.05, 0) is 49.6 Å². The van der Waals surface area contributed by atoms with Crippen molar-refractivity contribution in [2.24, 2.45) is 0 Å². The lowest BCUT2D eigenvalue weighted by Crippen LogP contribution is -2.32. The largest absolute Gasteiger partial charge is 0.486 e. The minimum Gasteiger partial charge on any atom is -0.486 e. The highest BCUT2D eigenvalue weighted by molar-refractivity contribution is 5.99. The van der Waals surface area contributed by atoms with Crippen LogP contribution in [0.5, 0.6) is 11.5 Å². The Balaban J connectivity index is 1.50. The van der Waals surface area contributed by atoms with Gasteiger partial charge < -0.3 is 18.9 Å². The summed E-state index contributed by atoms with van der Waals surface area (Å²) in [7, 11) is 0. The molecule has 3 aromatic rings. The minimum absolute atomic E-state index is 0.0756. The van der Waals surface area contributed by atoms with Crippen molar-refractivity contribution in [3.05, 3.63) is 59.8 Å². The highest BCUT2D eigenvalue weighted by Gasteiger charge is 2.33. The quantitative estimate of drug-likeness (QED) is 0.680. The number of likely N-dealkylation sites (tertiary alicyclic amines) is 1. The lowest BCUT2D eigenvalue weighted by molar-refractivity contribution is 0.0725. The first-order valence-electron chi connectivity index (χ1n) is 10.0. The minimum atomic E-state index is 0.0756. The topological polar surface area (TPSA) is 43.7 Å². The molecule has 1 aromatic heterocycles. The van der Waals surface area contributed by atoms with E-state index in [-0.39, 0.29) is 11.9 Å². The Morgan fingerprint density at radius 1 is 1.07 bits per heavy atom. The first-order chi connectivity index (χ1) is 13.8. The van der Waals surface area contributed by atoms with Gasteiger partial charge in [0, 0.05) is 24.0 Å². The highest BCUT2D eigenvalue weighted by atomic mass is 16.6. The zero-order valence-electron chi connectivity index (χ0n) is 16.1. The molecule has 1 atom stereocenters. The van der Waals surface area contributed by atoms with Crippen molar-refractivity contribution in [2.45, 2.75) is 32.4 Å². The molecule has 2 aliphatic heterocycles. The van der Waals surface area contributed by atoms with E-state index in [4.69, 9.17) is 9.47 Å². The fraction of sp³-hybridized carbons (Fsp3) is 0.348. The molecule has 1 saturated heterocycles. The van der Waals surface area contributed by atoms with Gasteiger partial charge in [-0.15, -0.1) is 0 Å². The lowest BCUT2D eigenvalue weighted by Gasteiger charge is -2.27. The average molecular weight is 376 g/mol. The monoisotopic (exact) mass is 376 g/mol. The van der Waals surface area contributed by atoms with Gasteiger partial charge in [0.1, 0.15) is 18.9 Å². The van der Waals surface area contributed by atoms with E-state index in [1.165, 1.54) is 0 Å². The van der Waals surface area contributed by atoms with Crippen LogP contribution in [0.1, 0.15) is 41.9 Å². The molecule has 0 radical (unpaired) electrons. The predicted octanol–water partition coefficient (Wildman–Crippen LogP) is 4.41. The molecule has 0 saturated carbocycles. The summed E-state index contributed by atoms with van der Waals surface area (Å²) in [4.78, 5) is 15.5. The van der Waals surface area contributed by atoms with Crippen LogP contribution < -0.4 is 9.47 Å². The van der Waals surface area contributed by atoms with E-state index in [2.05, 4.69) is 29.7 Å². The van der Waals surface area contributed by atoms with Crippen LogP contribution in [0.4, 0.5) is 0 Å². The third-order valence-corrected chi connectivity index (χ3v) is 5.81. The third kappa shape index (κ3) is 2.73. The predicted molar refractivity (Wildman–Crippen MR) is 108 cm³/mol. The van der Waals surface area contributed by atoms with Crippen LogP contribution in [-0.4, -0.2) is 35.1 Å². The molecular formula is C23H24N2O3. The Bertz CT molecular complexity index is 1040. The number of benzene rings is 2. The van der Waals surface area contributed by atoms with Gasteiger partial charge in [0.2, 0.25) is 0 Å². The number of aryl methyl sites for hydroxylation is 1. The molecule has 1 amide bonds. The first kappa shape index (κ1) is 17.2. The fourth-order valence-electron chi connectivity index (χ4n) is 4.50. The molecule has 28 heavy (non-hydrogen) atoms. The summed E-state index contributed by atoms with van der Waals surface area (Å²) in [5.74, 6) is 1.68. The highest BCUT2D eigenvalue weighted by Crippen LogP contribution is 2.39. The van der Waals surface area contributed by atoms with E-state index in [0.717, 1.165) is 59.6 Å². The van der Waals surface area contributed by atoms with Crippen molar-refractivity contribution in [2.75, 3.05) is 19.8 Å². The molecule has 1 unspecified atom stereocenters. The van der Waals surface area contributed by atoms with Gasteiger partial charge in [-0.3, -0.25) is 4.79 Å². The molecule has 5 rings (SSSR count). The van der Waals surface area contributed by atoms with Gasteiger partial charge in [-0.25, -0.2) is 0 Å². The number of carbonyl (C=O) groups is 1. The molecule has 0 bridgehead atoms. The van der Waals surface area contributed by atoms with Crippen molar-refractivity contribution in [1.29, 1.82) is 0 Å². The van der Waals surface area contributed by atoms with Crippen LogP contribution in [0.25, 0.3) is 10.9 Å². The number of ether oxygens (including phenoxy) is 2. The number of carbonyl (C=O) groups excluding carboxylic acids is 1. The van der Waals surface area contributed by atoms with Gasteiger partial charge >= 0.3 is 0 Å². The molecule has 144 valence electrons. The molecule has 0 aliphatic carbocycles. The second kappa shape index (κ2) is 6.89. The summed E-state index contributed by atoms with van der Waals surface area (Å²) < 4.78 is 13.5. The van der Waals surface area contributed by atoms with Crippen LogP contribution in [0.15, 0.2) is 48.5 Å². The summed E-state index contributed by atoms with van der Waals surface area (Å²) in [6.07, 6.45) is 1.98. The number of hydrogen-bond donors (Lipinski definition) is 0. The molecule has 5 heteroatoms. The zero-order valence-corrected chi connectivity index (χ0v) is 16.1. The van der Waals surface area contributed by atoms with E-state index in [1.54, 1.807) is 0 Å². The van der Waals surface area contributed by atoms with Crippen LogP contribution in [-0.2, 0) is 6.54 Å². The van der Waals surface area contributed by atoms with E-state index >= 15 is 0 Å². The Hall–Kier alpha value is -2.95. The second-order valence-electron chi connectivity index (χ2n) is 7.39. The fourth-order valence-corrected chi connectivity index (χ4v) is 4.50. The van der Waals surface area contributed by atoms with Crippen molar-refractivity contribution in [3.8, 4) is 11.5 Å². The number of hydrogen-bond acceptors (Lipinski definition) is 3. The normalized spacial score (nSPS) is 18.6. The van der Waals surface area contributed by atoms with E-state index in [1.807, 2.05) is 35.2 Å². The zero-order chi connectivity index (χ0) is 19.1. The maximum Gasteiger partial charge on any atom is 0.271 e. The number of para-hydroxylation sites is 1. The van der Waals surface area contributed by atoms with Crippen molar-refractivity contribution < 1.29 is 14.3 Å². The maximum atomic E-state index is 13.5. The molecule has 3 heterocycles.